The van der Waals surface area contributed by atoms with Crippen LogP contribution < -0.4 is 0 Å². The Balaban J connectivity index is 0.000000192. The van der Waals surface area contributed by atoms with Gasteiger partial charge in [0.1, 0.15) is 0 Å². The summed E-state index contributed by atoms with van der Waals surface area (Å²) in [6, 6.07) is 36.1. The maximum atomic E-state index is 4.66. The van der Waals surface area contributed by atoms with Crippen LogP contribution in [-0.2, 0) is 25.5 Å². The van der Waals surface area contributed by atoms with Gasteiger partial charge in [-0.15, -0.1) is 70.8 Å². The van der Waals surface area contributed by atoms with Crippen molar-refractivity contribution in [1.82, 2.24) is 9.97 Å². The molecule has 1 radical (unpaired) electrons. The number of fused-ring (bicyclic) bond motifs is 3. The molecule has 4 aromatic carbocycles. The minimum absolute atomic E-state index is 0. The molecule has 2 nitrogen and oxygen atoms in total. The van der Waals surface area contributed by atoms with Crippen molar-refractivity contribution in [3.8, 4) is 22.5 Å². The molecule has 0 bridgehead atoms. The van der Waals surface area contributed by atoms with E-state index in [0.29, 0.717) is 0 Å². The Hall–Kier alpha value is -3.65. The Bertz CT molecular complexity index is 1750. The largest absolute Gasteiger partial charge is 0.305 e. The van der Waals surface area contributed by atoms with E-state index in [4.69, 9.17) is 0 Å². The summed E-state index contributed by atoms with van der Waals surface area (Å²) in [6.45, 7) is 13.0. The molecule has 0 saturated carbocycles. The molecule has 0 amide bonds. The van der Waals surface area contributed by atoms with Gasteiger partial charge in [0.25, 0.3) is 0 Å². The van der Waals surface area contributed by atoms with Crippen LogP contribution in [0.1, 0.15) is 43.0 Å². The first-order valence-electron chi connectivity index (χ1n) is 13.4. The molecule has 0 atom stereocenters. The van der Waals surface area contributed by atoms with Crippen LogP contribution in [0.3, 0.4) is 0 Å². The molecule has 0 aliphatic carbocycles. The van der Waals surface area contributed by atoms with E-state index in [1.54, 1.807) is 0 Å². The number of hydrogen-bond donors (Lipinski definition) is 0. The predicted molar refractivity (Wildman–Crippen MR) is 165 cm³/mol. The van der Waals surface area contributed by atoms with E-state index < -0.39 is 0 Å². The summed E-state index contributed by atoms with van der Waals surface area (Å²) in [5, 5.41) is 5.03. The van der Waals surface area contributed by atoms with Gasteiger partial charge in [0, 0.05) is 32.5 Å². The molecule has 6 aromatic rings. The van der Waals surface area contributed by atoms with Gasteiger partial charge in [0.05, 0.1) is 0 Å². The predicted octanol–water partition coefficient (Wildman–Crippen LogP) is 9.62. The second-order valence-electron chi connectivity index (χ2n) is 11.2. The maximum Gasteiger partial charge on any atom is 0.0167 e. The van der Waals surface area contributed by atoms with E-state index in [1.165, 1.54) is 38.2 Å². The van der Waals surface area contributed by atoms with Crippen molar-refractivity contribution in [2.24, 2.45) is 0 Å². The Labute approximate surface area is 251 Å². The third-order valence-corrected chi connectivity index (χ3v) is 7.04. The summed E-state index contributed by atoms with van der Waals surface area (Å²) in [6.07, 6.45) is 3.78. The van der Waals surface area contributed by atoms with Crippen molar-refractivity contribution in [1.29, 1.82) is 0 Å². The van der Waals surface area contributed by atoms with Gasteiger partial charge >= 0.3 is 0 Å². The summed E-state index contributed by atoms with van der Waals surface area (Å²) >= 11 is 0. The van der Waals surface area contributed by atoms with Gasteiger partial charge in [-0.05, 0) is 68.5 Å². The first-order valence-corrected chi connectivity index (χ1v) is 13.4. The fourth-order valence-electron chi connectivity index (χ4n) is 5.01. The van der Waals surface area contributed by atoms with Crippen molar-refractivity contribution < 1.29 is 20.1 Å². The first kappa shape index (κ1) is 29.3. The summed E-state index contributed by atoms with van der Waals surface area (Å²) in [5.41, 5.74) is 9.28. The van der Waals surface area contributed by atoms with E-state index >= 15 is 0 Å². The van der Waals surface area contributed by atoms with E-state index in [0.717, 1.165) is 28.1 Å². The van der Waals surface area contributed by atoms with E-state index in [-0.39, 0.29) is 25.5 Å². The molecule has 40 heavy (non-hydrogen) atoms. The normalized spacial score (nSPS) is 11.1. The summed E-state index contributed by atoms with van der Waals surface area (Å²) in [5.74, 6) is 0. The Kier molecular flexibility index (Phi) is 8.98. The SMILES string of the molecule is CC(C)(C)c1ccnc(-c2[c-]cccc2)c1.Cc1[c-]c(-c2nccc3c2ccc2c(C)cccc23)cc(C)c1.[Ir]. The van der Waals surface area contributed by atoms with E-state index in [9.17, 15) is 0 Å². The Morgan fingerprint density at radius 3 is 2.12 bits per heavy atom. The van der Waals surface area contributed by atoms with Crippen molar-refractivity contribution in [3.05, 3.63) is 132 Å². The third kappa shape index (κ3) is 6.39. The number of hydrogen-bond acceptors (Lipinski definition) is 2. The molecule has 0 spiro atoms. The number of aromatic nitrogens is 2. The quantitative estimate of drug-likeness (QED) is 0.133. The molecule has 2 heterocycles. The standard InChI is InChI=1S/C22H18N.C15H16N.Ir/c1-14-11-15(2)13-17(12-14)22-21-8-7-18-16(3)5-4-6-19(18)20(21)9-10-23-22;1-15(2,3)13-9-10-16-14(11-13)12-7-5-4-6-8-12;/h4-12H,1-3H3;4-7,9-11H,1-3H3;/q2*-1;. The van der Waals surface area contributed by atoms with Crippen molar-refractivity contribution in [2.45, 2.75) is 47.0 Å². The van der Waals surface area contributed by atoms with Crippen LogP contribution >= 0.6 is 0 Å². The minimum Gasteiger partial charge on any atom is -0.305 e. The number of rotatable bonds is 2. The zero-order valence-electron chi connectivity index (χ0n) is 24.0. The van der Waals surface area contributed by atoms with Crippen molar-refractivity contribution >= 4 is 21.5 Å². The number of benzene rings is 4. The molecule has 0 N–H and O–H groups in total. The summed E-state index contributed by atoms with van der Waals surface area (Å²) in [7, 11) is 0. The molecular weight excluding hydrogens is 665 g/mol. The fourth-order valence-corrected chi connectivity index (χ4v) is 5.01. The molecule has 0 aliphatic rings. The van der Waals surface area contributed by atoms with Gasteiger partial charge in [-0.2, -0.15) is 0 Å². The number of aryl methyl sites for hydroxylation is 3. The fraction of sp³-hybridized carbons (Fsp3) is 0.189. The Morgan fingerprint density at radius 2 is 1.40 bits per heavy atom. The van der Waals surface area contributed by atoms with Crippen LogP contribution in [-0.4, -0.2) is 9.97 Å². The number of nitrogens with zero attached hydrogens (tertiary/aromatic N) is 2. The van der Waals surface area contributed by atoms with E-state index in [1.807, 2.05) is 36.7 Å². The van der Waals surface area contributed by atoms with Crippen LogP contribution in [0.5, 0.6) is 0 Å². The zero-order chi connectivity index (χ0) is 27.6. The van der Waals surface area contributed by atoms with Crippen LogP contribution in [0.2, 0.25) is 0 Å². The van der Waals surface area contributed by atoms with Gasteiger partial charge < -0.3 is 9.97 Å². The van der Waals surface area contributed by atoms with Crippen LogP contribution in [0.15, 0.2) is 97.3 Å². The van der Waals surface area contributed by atoms with E-state index in [2.05, 4.69) is 124 Å². The second-order valence-corrected chi connectivity index (χ2v) is 11.2. The van der Waals surface area contributed by atoms with Crippen molar-refractivity contribution in [3.63, 3.8) is 0 Å². The maximum absolute atomic E-state index is 4.66. The molecule has 203 valence electrons. The smallest absolute Gasteiger partial charge is 0.0167 e. The molecule has 0 aliphatic heterocycles. The van der Waals surface area contributed by atoms with Gasteiger partial charge in [-0.25, -0.2) is 0 Å². The van der Waals surface area contributed by atoms with Crippen LogP contribution in [0.25, 0.3) is 44.1 Å². The Morgan fingerprint density at radius 1 is 0.650 bits per heavy atom. The minimum atomic E-state index is 0. The third-order valence-electron chi connectivity index (χ3n) is 7.04. The van der Waals surface area contributed by atoms with Crippen LogP contribution in [0, 0.1) is 32.9 Å². The monoisotopic (exact) mass is 699 g/mol. The van der Waals surface area contributed by atoms with Crippen LogP contribution in [0.4, 0.5) is 0 Å². The molecular formula is C37H34IrN2-2. The first-order chi connectivity index (χ1) is 18.7. The molecule has 0 saturated heterocycles. The summed E-state index contributed by atoms with van der Waals surface area (Å²) in [4.78, 5) is 9.05. The molecule has 0 unspecified atom stereocenters. The second kappa shape index (κ2) is 12.3. The average molecular weight is 699 g/mol. The van der Waals surface area contributed by atoms with Crippen molar-refractivity contribution in [2.75, 3.05) is 0 Å². The molecule has 3 heteroatoms. The van der Waals surface area contributed by atoms with Gasteiger partial charge in [0.2, 0.25) is 0 Å². The summed E-state index contributed by atoms with van der Waals surface area (Å²) < 4.78 is 0. The molecule has 2 aromatic heterocycles. The number of pyridine rings is 2. The van der Waals surface area contributed by atoms with Gasteiger partial charge in [-0.1, -0.05) is 71.0 Å². The topological polar surface area (TPSA) is 25.8 Å². The zero-order valence-corrected chi connectivity index (χ0v) is 26.4. The molecule has 0 fully saturated rings. The van der Waals surface area contributed by atoms with Gasteiger partial charge in [0.15, 0.2) is 0 Å². The van der Waals surface area contributed by atoms with Gasteiger partial charge in [-0.3, -0.25) is 0 Å². The average Bonchev–Trinajstić information content (AvgIpc) is 2.93. The molecule has 6 rings (SSSR count).